The molecular weight excluding hydrogens is 206 g/mol. The van der Waals surface area contributed by atoms with E-state index in [0.717, 1.165) is 18.7 Å². The van der Waals surface area contributed by atoms with Gasteiger partial charge >= 0.3 is 0 Å². The van der Waals surface area contributed by atoms with Crippen LogP contribution in [0.5, 0.6) is 0 Å². The lowest BCUT2D eigenvalue weighted by molar-refractivity contribution is 0.112. The highest BCUT2D eigenvalue weighted by Crippen LogP contribution is 2.37. The highest BCUT2D eigenvalue weighted by Gasteiger charge is 2.27. The largest absolute Gasteiger partial charge is 0.298 e. The summed E-state index contributed by atoms with van der Waals surface area (Å²) < 4.78 is 1.53. The van der Waals surface area contributed by atoms with Crippen LogP contribution in [0.2, 0.25) is 0 Å². The molecule has 6 nitrogen and oxygen atoms in total. The van der Waals surface area contributed by atoms with Gasteiger partial charge in [-0.2, -0.15) is 4.68 Å². The van der Waals surface area contributed by atoms with E-state index in [2.05, 4.69) is 20.1 Å². The first-order valence-electron chi connectivity index (χ1n) is 5.06. The van der Waals surface area contributed by atoms with Crippen molar-refractivity contribution in [1.29, 1.82) is 0 Å². The highest BCUT2D eigenvalue weighted by atomic mass is 16.1. The predicted molar refractivity (Wildman–Crippen MR) is 54.3 cm³/mol. The van der Waals surface area contributed by atoms with Crippen molar-refractivity contribution in [2.75, 3.05) is 0 Å². The van der Waals surface area contributed by atoms with E-state index >= 15 is 0 Å². The fourth-order valence-electron chi connectivity index (χ4n) is 1.41. The zero-order chi connectivity index (χ0) is 11.0. The molecule has 0 spiro atoms. The summed E-state index contributed by atoms with van der Waals surface area (Å²) in [7, 11) is 0. The van der Waals surface area contributed by atoms with Crippen molar-refractivity contribution in [2.45, 2.75) is 18.8 Å². The van der Waals surface area contributed by atoms with Gasteiger partial charge in [0.1, 0.15) is 6.33 Å². The van der Waals surface area contributed by atoms with Gasteiger partial charge in [0.05, 0.1) is 5.56 Å². The summed E-state index contributed by atoms with van der Waals surface area (Å²) >= 11 is 0. The summed E-state index contributed by atoms with van der Waals surface area (Å²) in [6, 6.07) is 0. The third kappa shape index (κ3) is 1.58. The lowest BCUT2D eigenvalue weighted by Crippen LogP contribution is -2.02. The van der Waals surface area contributed by atoms with Gasteiger partial charge in [-0.1, -0.05) is 0 Å². The number of hydrogen-bond acceptors (Lipinski definition) is 5. The number of carbonyl (C=O) groups excluding carboxylic acids is 1. The van der Waals surface area contributed by atoms with Gasteiger partial charge in [0.2, 0.25) is 0 Å². The van der Waals surface area contributed by atoms with Crippen LogP contribution >= 0.6 is 0 Å². The van der Waals surface area contributed by atoms with Crippen molar-refractivity contribution in [2.24, 2.45) is 0 Å². The van der Waals surface area contributed by atoms with Crippen molar-refractivity contribution in [1.82, 2.24) is 24.7 Å². The number of aldehydes is 1. The molecule has 0 atom stereocenters. The second kappa shape index (κ2) is 3.48. The molecule has 80 valence electrons. The Labute approximate surface area is 91.4 Å². The molecule has 0 amide bonds. The lowest BCUT2D eigenvalue weighted by atomic mass is 10.4. The predicted octanol–water partition coefficient (Wildman–Crippen LogP) is 0.747. The Balaban J connectivity index is 1.91. The summed E-state index contributed by atoms with van der Waals surface area (Å²) in [4.78, 5) is 22.7. The Bertz CT molecular complexity index is 514. The van der Waals surface area contributed by atoms with Gasteiger partial charge in [-0.3, -0.25) is 4.79 Å². The average molecular weight is 215 g/mol. The van der Waals surface area contributed by atoms with Crippen LogP contribution in [0.3, 0.4) is 0 Å². The van der Waals surface area contributed by atoms with Crippen molar-refractivity contribution in [3.8, 4) is 5.95 Å². The molecule has 1 aliphatic rings. The number of rotatable bonds is 3. The number of hydrogen-bond donors (Lipinski definition) is 0. The first-order valence-corrected chi connectivity index (χ1v) is 5.06. The van der Waals surface area contributed by atoms with Crippen LogP contribution in [-0.2, 0) is 0 Å². The normalized spacial score (nSPS) is 15.0. The molecule has 0 N–H and O–H groups in total. The molecular formula is C10H9N5O. The maximum absolute atomic E-state index is 10.4. The maximum Gasteiger partial charge on any atom is 0.252 e. The monoisotopic (exact) mass is 215 g/mol. The Morgan fingerprint density at radius 3 is 2.62 bits per heavy atom. The summed E-state index contributed by atoms with van der Waals surface area (Å²) in [6.45, 7) is 0. The van der Waals surface area contributed by atoms with Gasteiger partial charge in [-0.05, 0) is 12.8 Å². The number of carbonyl (C=O) groups is 1. The van der Waals surface area contributed by atoms with Crippen LogP contribution in [0.1, 0.15) is 34.9 Å². The summed E-state index contributed by atoms with van der Waals surface area (Å²) in [6.07, 6.45) is 7.57. The van der Waals surface area contributed by atoms with Gasteiger partial charge in [0.15, 0.2) is 12.1 Å². The minimum Gasteiger partial charge on any atom is -0.298 e. The van der Waals surface area contributed by atoms with E-state index in [4.69, 9.17) is 0 Å². The number of nitrogens with zero attached hydrogens (tertiary/aromatic N) is 5. The third-order valence-electron chi connectivity index (χ3n) is 2.45. The minimum absolute atomic E-state index is 0.435. The van der Waals surface area contributed by atoms with Crippen molar-refractivity contribution >= 4 is 6.29 Å². The van der Waals surface area contributed by atoms with E-state index in [1.54, 1.807) is 6.33 Å². The lowest BCUT2D eigenvalue weighted by Gasteiger charge is -1.96. The zero-order valence-electron chi connectivity index (χ0n) is 8.45. The molecule has 0 bridgehead atoms. The Hall–Kier alpha value is -2.11. The van der Waals surface area contributed by atoms with E-state index in [9.17, 15) is 4.79 Å². The standard InChI is InChI=1S/C10H9N5O/c16-5-7-3-11-10(12-4-7)15-6-13-9(14-15)8-1-2-8/h3-6,8H,1-2H2. The summed E-state index contributed by atoms with van der Waals surface area (Å²) in [5, 5.41) is 4.29. The fourth-order valence-corrected chi connectivity index (χ4v) is 1.41. The molecule has 0 aromatic carbocycles. The van der Waals surface area contributed by atoms with Gasteiger partial charge in [0.25, 0.3) is 5.95 Å². The average Bonchev–Trinajstić information content (AvgIpc) is 3.08. The fraction of sp³-hybridized carbons (Fsp3) is 0.300. The number of aromatic nitrogens is 5. The van der Waals surface area contributed by atoms with Crippen molar-refractivity contribution < 1.29 is 4.79 Å². The molecule has 6 heteroatoms. The van der Waals surface area contributed by atoms with Gasteiger partial charge in [0, 0.05) is 18.3 Å². The molecule has 16 heavy (non-hydrogen) atoms. The van der Waals surface area contributed by atoms with E-state index in [0.29, 0.717) is 23.7 Å². The molecule has 0 unspecified atom stereocenters. The van der Waals surface area contributed by atoms with Crippen LogP contribution in [0.15, 0.2) is 18.7 Å². The SMILES string of the molecule is O=Cc1cnc(-n2cnc(C3CC3)n2)nc1. The topological polar surface area (TPSA) is 73.6 Å². The summed E-state index contributed by atoms with van der Waals surface area (Å²) in [5.74, 6) is 1.79. The molecule has 3 rings (SSSR count). The molecule has 1 saturated carbocycles. The molecule has 2 aromatic rings. The first kappa shape index (κ1) is 9.14. The van der Waals surface area contributed by atoms with Crippen LogP contribution in [-0.4, -0.2) is 31.0 Å². The van der Waals surface area contributed by atoms with Gasteiger partial charge < -0.3 is 0 Å². The maximum atomic E-state index is 10.4. The Kier molecular flexibility index (Phi) is 1.99. The smallest absolute Gasteiger partial charge is 0.252 e. The molecule has 0 aliphatic heterocycles. The molecule has 2 aromatic heterocycles. The first-order chi connectivity index (χ1) is 7.86. The quantitative estimate of drug-likeness (QED) is 0.706. The third-order valence-corrected chi connectivity index (χ3v) is 2.45. The van der Waals surface area contributed by atoms with Crippen LogP contribution in [0.4, 0.5) is 0 Å². The Morgan fingerprint density at radius 1 is 1.25 bits per heavy atom. The van der Waals surface area contributed by atoms with Gasteiger partial charge in [-0.25, -0.2) is 15.0 Å². The molecule has 0 saturated heterocycles. The second-order valence-electron chi connectivity index (χ2n) is 3.76. The Morgan fingerprint density at radius 2 is 2.00 bits per heavy atom. The molecule has 1 aliphatic carbocycles. The summed E-state index contributed by atoms with van der Waals surface area (Å²) in [5.41, 5.74) is 0.450. The molecule has 1 fully saturated rings. The van der Waals surface area contributed by atoms with Gasteiger partial charge in [-0.15, -0.1) is 5.10 Å². The van der Waals surface area contributed by atoms with E-state index in [-0.39, 0.29) is 0 Å². The van der Waals surface area contributed by atoms with E-state index in [1.807, 2.05) is 0 Å². The van der Waals surface area contributed by atoms with Crippen molar-refractivity contribution in [3.63, 3.8) is 0 Å². The molecule has 2 heterocycles. The highest BCUT2D eigenvalue weighted by molar-refractivity contribution is 5.73. The minimum atomic E-state index is 0.435. The second-order valence-corrected chi connectivity index (χ2v) is 3.76. The van der Waals surface area contributed by atoms with Crippen LogP contribution in [0, 0.1) is 0 Å². The van der Waals surface area contributed by atoms with E-state index in [1.165, 1.54) is 17.1 Å². The van der Waals surface area contributed by atoms with Crippen LogP contribution < -0.4 is 0 Å². The van der Waals surface area contributed by atoms with Crippen LogP contribution in [0.25, 0.3) is 5.95 Å². The molecule has 0 radical (unpaired) electrons. The van der Waals surface area contributed by atoms with Crippen molar-refractivity contribution in [3.05, 3.63) is 30.1 Å². The zero-order valence-corrected chi connectivity index (χ0v) is 8.45. The van der Waals surface area contributed by atoms with E-state index < -0.39 is 0 Å².